The van der Waals surface area contributed by atoms with E-state index in [9.17, 15) is 39.3 Å². The Bertz CT molecular complexity index is 1190. The predicted molar refractivity (Wildman–Crippen MR) is 184 cm³/mol. The zero-order valence-electron chi connectivity index (χ0n) is 29.5. The third-order valence-corrected chi connectivity index (χ3v) is 7.77. The van der Waals surface area contributed by atoms with Crippen LogP contribution in [0.15, 0.2) is 24.3 Å². The lowest BCUT2D eigenvalue weighted by Gasteiger charge is -2.32. The standard InChI is InChI=1S/C32H51N5O9.C2H4O2/c1-24(2)17-28(33)29(39)23-46-22-26-5-3-25(4-6-26)7-8-27(38)18-34-9-11-35(19-30(40)41)13-15-37(21-32(44)45)16-14-36(12-10-34)20-31(42)43;1-2(3)4/h3-6,24,28H,7-23,33H2,1-2H3,(H,40,41)(H,42,43)(H,44,45);1H3,(H,3,4)/t28-;/m1./s1. The molecular weight excluding hydrogens is 654 g/mol. The van der Waals surface area contributed by atoms with Crippen molar-refractivity contribution in [3.8, 4) is 0 Å². The Kier molecular flexibility index (Phi) is 21.6. The number of carboxylic acid groups (broad SMARTS) is 4. The first-order valence-electron chi connectivity index (χ1n) is 16.7. The summed E-state index contributed by atoms with van der Waals surface area (Å²) in [5.74, 6) is -3.61. The van der Waals surface area contributed by atoms with Crippen LogP contribution in [0.5, 0.6) is 0 Å². The zero-order chi connectivity index (χ0) is 37.6. The highest BCUT2D eigenvalue weighted by atomic mass is 16.5. The second-order valence-electron chi connectivity index (χ2n) is 12.9. The van der Waals surface area contributed by atoms with Gasteiger partial charge in [-0.3, -0.25) is 48.4 Å². The molecule has 1 atom stereocenters. The fourth-order valence-electron chi connectivity index (χ4n) is 5.22. The number of aliphatic carboxylic acids is 4. The van der Waals surface area contributed by atoms with Crippen molar-refractivity contribution in [2.24, 2.45) is 11.7 Å². The van der Waals surface area contributed by atoms with Crippen LogP contribution in [-0.4, -0.2) is 167 Å². The fraction of sp³-hybridized carbons (Fsp3) is 0.647. The summed E-state index contributed by atoms with van der Waals surface area (Å²) in [6, 6.07) is 7.14. The number of benzene rings is 1. The molecule has 1 aliphatic heterocycles. The maximum atomic E-state index is 13.0. The van der Waals surface area contributed by atoms with Crippen molar-refractivity contribution in [2.75, 3.05) is 85.1 Å². The molecule has 0 unspecified atom stereocenters. The van der Waals surface area contributed by atoms with Gasteiger partial charge in [-0.05, 0) is 29.9 Å². The van der Waals surface area contributed by atoms with Crippen LogP contribution in [0.3, 0.4) is 0 Å². The van der Waals surface area contributed by atoms with E-state index in [0.717, 1.165) is 18.1 Å². The Hall–Kier alpha value is -3.80. The van der Waals surface area contributed by atoms with E-state index in [1.165, 1.54) is 0 Å². The van der Waals surface area contributed by atoms with Crippen LogP contribution in [0.25, 0.3) is 0 Å². The smallest absolute Gasteiger partial charge is 0.317 e. The van der Waals surface area contributed by atoms with Gasteiger partial charge in [-0.1, -0.05) is 38.1 Å². The number of hydrogen-bond acceptors (Lipinski definition) is 12. The van der Waals surface area contributed by atoms with Crippen molar-refractivity contribution >= 4 is 35.4 Å². The maximum Gasteiger partial charge on any atom is 0.317 e. The minimum atomic E-state index is -1.01. The van der Waals surface area contributed by atoms with Crippen LogP contribution in [0, 0.1) is 5.92 Å². The summed E-state index contributed by atoms with van der Waals surface area (Å²) in [5.41, 5.74) is 7.80. The van der Waals surface area contributed by atoms with Gasteiger partial charge in [0, 0.05) is 65.7 Å². The lowest BCUT2D eigenvalue weighted by molar-refractivity contribution is -0.140. The van der Waals surface area contributed by atoms with E-state index in [2.05, 4.69) is 0 Å². The highest BCUT2D eigenvalue weighted by Gasteiger charge is 2.21. The maximum absolute atomic E-state index is 13.0. The van der Waals surface area contributed by atoms with Gasteiger partial charge < -0.3 is 30.9 Å². The molecule has 50 heavy (non-hydrogen) atoms. The molecule has 0 radical (unpaired) electrons. The first kappa shape index (κ1) is 44.2. The molecule has 282 valence electrons. The summed E-state index contributed by atoms with van der Waals surface area (Å²) in [7, 11) is 0. The van der Waals surface area contributed by atoms with Gasteiger partial charge in [-0.15, -0.1) is 0 Å². The van der Waals surface area contributed by atoms with Crippen molar-refractivity contribution < 1.29 is 53.9 Å². The van der Waals surface area contributed by atoms with Gasteiger partial charge in [-0.25, -0.2) is 0 Å². The largest absolute Gasteiger partial charge is 0.481 e. The molecule has 1 saturated heterocycles. The number of aryl methyl sites for hydroxylation is 1. The number of nitrogens with two attached hydrogens (primary N) is 1. The average Bonchev–Trinajstić information content (AvgIpc) is 3.00. The highest BCUT2D eigenvalue weighted by molar-refractivity contribution is 5.85. The number of Topliss-reactive ketones (excluding diaryl/α,β-unsaturated/α-hetero) is 2. The summed E-state index contributed by atoms with van der Waals surface area (Å²) in [4.78, 5) is 75.5. The number of nitrogens with zero attached hydrogens (tertiary/aromatic N) is 4. The van der Waals surface area contributed by atoms with Crippen molar-refractivity contribution in [1.82, 2.24) is 19.6 Å². The number of carboxylic acids is 4. The molecule has 16 nitrogen and oxygen atoms in total. The molecule has 0 aliphatic carbocycles. The van der Waals surface area contributed by atoms with Gasteiger partial charge in [0.2, 0.25) is 0 Å². The first-order valence-corrected chi connectivity index (χ1v) is 16.7. The van der Waals surface area contributed by atoms with Gasteiger partial charge in [0.1, 0.15) is 12.4 Å². The third-order valence-electron chi connectivity index (χ3n) is 7.77. The lowest BCUT2D eigenvalue weighted by atomic mass is 10.0. The van der Waals surface area contributed by atoms with Gasteiger partial charge in [0.25, 0.3) is 5.97 Å². The topological polar surface area (TPSA) is 232 Å². The van der Waals surface area contributed by atoms with Crippen LogP contribution >= 0.6 is 0 Å². The first-order chi connectivity index (χ1) is 23.5. The highest BCUT2D eigenvalue weighted by Crippen LogP contribution is 2.10. The van der Waals surface area contributed by atoms with Crippen LogP contribution < -0.4 is 5.73 Å². The monoisotopic (exact) mass is 709 g/mol. The summed E-state index contributed by atoms with van der Waals surface area (Å²) in [6.45, 7) is 7.64. The van der Waals surface area contributed by atoms with Crippen LogP contribution in [0.4, 0.5) is 0 Å². The molecule has 1 fully saturated rings. The van der Waals surface area contributed by atoms with E-state index < -0.39 is 29.9 Å². The number of ketones is 2. The van der Waals surface area contributed by atoms with E-state index in [4.69, 9.17) is 20.4 Å². The van der Waals surface area contributed by atoms with Crippen molar-refractivity contribution in [3.05, 3.63) is 35.4 Å². The van der Waals surface area contributed by atoms with E-state index in [-0.39, 0.29) is 51.0 Å². The molecule has 1 aliphatic rings. The number of carbonyl (C=O) groups excluding carboxylic acids is 2. The Balaban J connectivity index is 0.00000295. The second kappa shape index (κ2) is 24.4. The Labute approximate surface area is 293 Å². The lowest BCUT2D eigenvalue weighted by Crippen LogP contribution is -2.49. The minimum Gasteiger partial charge on any atom is -0.481 e. The Morgan fingerprint density at radius 1 is 0.680 bits per heavy atom. The second-order valence-corrected chi connectivity index (χ2v) is 12.9. The third kappa shape index (κ3) is 22.0. The summed E-state index contributed by atoms with van der Waals surface area (Å²) in [6.07, 6.45) is 1.46. The molecule has 1 aromatic rings. The minimum absolute atomic E-state index is 0.0120. The van der Waals surface area contributed by atoms with E-state index in [1.54, 1.807) is 14.7 Å². The van der Waals surface area contributed by atoms with E-state index in [1.807, 2.05) is 43.0 Å². The van der Waals surface area contributed by atoms with Gasteiger partial charge in [0.15, 0.2) is 5.78 Å². The number of ether oxygens (including phenoxy) is 1. The SMILES string of the molecule is CC(=O)O.CC(C)C[C@@H](N)C(=O)COCc1ccc(CCC(=O)CN2CCN(CC(=O)O)CCN(CC(=O)O)CCN(CC(=O)O)CC2)cc1. The van der Waals surface area contributed by atoms with Gasteiger partial charge in [-0.2, -0.15) is 0 Å². The predicted octanol–water partition coefficient (Wildman–Crippen LogP) is 0.214. The van der Waals surface area contributed by atoms with Crippen molar-refractivity contribution in [1.29, 1.82) is 0 Å². The van der Waals surface area contributed by atoms with Gasteiger partial charge in [0.05, 0.1) is 38.8 Å². The average molecular weight is 710 g/mol. The fourth-order valence-corrected chi connectivity index (χ4v) is 5.22. The van der Waals surface area contributed by atoms with E-state index >= 15 is 0 Å². The molecule has 0 amide bonds. The quantitative estimate of drug-likeness (QED) is 0.137. The Morgan fingerprint density at radius 2 is 1.04 bits per heavy atom. The van der Waals surface area contributed by atoms with Crippen LogP contribution in [-0.2, 0) is 46.5 Å². The zero-order valence-corrected chi connectivity index (χ0v) is 29.5. The van der Waals surface area contributed by atoms with E-state index in [0.29, 0.717) is 77.5 Å². The molecule has 16 heteroatoms. The summed E-state index contributed by atoms with van der Waals surface area (Å²) in [5, 5.41) is 35.5. The number of hydrogen-bond donors (Lipinski definition) is 5. The molecular formula is C34H55N5O11. The molecule has 1 aromatic carbocycles. The summed E-state index contributed by atoms with van der Waals surface area (Å²) < 4.78 is 5.55. The molecule has 0 aromatic heterocycles. The molecule has 1 heterocycles. The molecule has 0 saturated carbocycles. The molecule has 0 spiro atoms. The molecule has 0 bridgehead atoms. The van der Waals surface area contributed by atoms with Crippen LogP contribution in [0.2, 0.25) is 0 Å². The normalized spacial score (nSPS) is 16.3. The summed E-state index contributed by atoms with van der Waals surface area (Å²) >= 11 is 0. The van der Waals surface area contributed by atoms with Crippen LogP contribution in [0.1, 0.15) is 44.7 Å². The number of rotatable bonds is 18. The molecule has 6 N–H and O–H groups in total. The van der Waals surface area contributed by atoms with Gasteiger partial charge >= 0.3 is 17.9 Å². The number of carbonyl (C=O) groups is 6. The van der Waals surface area contributed by atoms with Crippen molar-refractivity contribution in [2.45, 2.75) is 52.7 Å². The Morgan fingerprint density at radius 3 is 1.40 bits per heavy atom. The van der Waals surface area contributed by atoms with Crippen molar-refractivity contribution in [3.63, 3.8) is 0 Å². The molecule has 2 rings (SSSR count).